The smallest absolute Gasteiger partial charge is 0.269 e. The summed E-state index contributed by atoms with van der Waals surface area (Å²) < 4.78 is 0. The zero-order valence-electron chi connectivity index (χ0n) is 13.1. The second-order valence-electron chi connectivity index (χ2n) is 6.07. The van der Waals surface area contributed by atoms with Crippen LogP contribution in [0.3, 0.4) is 0 Å². The number of hydrogen-bond acceptors (Lipinski definition) is 1. The summed E-state index contributed by atoms with van der Waals surface area (Å²) in [5, 5.41) is 3.33. The molecular formula is C15H26NOP2+. The lowest BCUT2D eigenvalue weighted by molar-refractivity contribution is -0.114. The minimum Gasteiger partial charge on any atom is -0.322 e. The molecule has 0 bridgehead atoms. The minimum atomic E-state index is -1.16. The number of benzene rings is 1. The van der Waals surface area contributed by atoms with Crippen LogP contribution in [0.2, 0.25) is 0 Å². The molecule has 0 saturated heterocycles. The van der Waals surface area contributed by atoms with Crippen LogP contribution in [0.4, 0.5) is 5.69 Å². The monoisotopic (exact) mass is 298 g/mol. The molecule has 1 rings (SSSR count). The molecule has 0 heterocycles. The summed E-state index contributed by atoms with van der Waals surface area (Å²) in [5.74, 6) is 0.191. The van der Waals surface area contributed by atoms with Gasteiger partial charge < -0.3 is 5.32 Å². The van der Waals surface area contributed by atoms with Gasteiger partial charge in [-0.3, -0.25) is 4.79 Å². The average molecular weight is 298 g/mol. The number of aryl methyl sites for hydroxylation is 3. The van der Waals surface area contributed by atoms with Crippen LogP contribution in [-0.4, -0.2) is 38.0 Å². The first-order valence-corrected chi connectivity index (χ1v) is 11.3. The second kappa shape index (κ2) is 6.33. The fourth-order valence-corrected chi connectivity index (χ4v) is 6.64. The lowest BCUT2D eigenvalue weighted by Gasteiger charge is -2.23. The molecule has 4 heteroatoms. The van der Waals surface area contributed by atoms with Gasteiger partial charge in [0.05, 0.1) is 0 Å². The third kappa shape index (κ3) is 4.26. The van der Waals surface area contributed by atoms with Crippen molar-refractivity contribution >= 4 is 27.4 Å². The van der Waals surface area contributed by atoms with Crippen LogP contribution in [0.5, 0.6) is 0 Å². The number of amides is 1. The molecule has 0 spiro atoms. The largest absolute Gasteiger partial charge is 0.322 e. The molecule has 0 aliphatic heterocycles. The van der Waals surface area contributed by atoms with E-state index in [-0.39, 0.29) is 11.3 Å². The Kier molecular flexibility index (Phi) is 5.53. The standard InChI is InChI=1S/C15H25NOP2/c1-10-8-11(2)13(12(3)9-10)16-14(17)15(18-4)19(5,6)7/h8-9,15,18H,1-7H3/p+1. The summed E-state index contributed by atoms with van der Waals surface area (Å²) in [5.41, 5.74) is 4.53. The van der Waals surface area contributed by atoms with Crippen molar-refractivity contribution < 1.29 is 4.79 Å². The number of anilines is 1. The van der Waals surface area contributed by atoms with Crippen LogP contribution >= 0.6 is 15.8 Å². The van der Waals surface area contributed by atoms with Crippen molar-refractivity contribution in [1.82, 2.24) is 0 Å². The van der Waals surface area contributed by atoms with E-state index in [1.165, 1.54) is 5.56 Å². The normalized spacial score (nSPS) is 13.8. The first kappa shape index (κ1) is 16.6. The summed E-state index contributed by atoms with van der Waals surface area (Å²) in [6.07, 6.45) is 0. The number of rotatable bonds is 4. The van der Waals surface area contributed by atoms with Crippen molar-refractivity contribution in [3.63, 3.8) is 0 Å². The summed E-state index contributed by atoms with van der Waals surface area (Å²) in [7, 11) is -0.498. The predicted molar refractivity (Wildman–Crippen MR) is 92.0 cm³/mol. The first-order valence-electron chi connectivity index (χ1n) is 6.54. The predicted octanol–water partition coefficient (Wildman–Crippen LogP) is 4.09. The zero-order valence-corrected chi connectivity index (χ0v) is 15.0. The molecule has 0 fully saturated rings. The molecule has 19 heavy (non-hydrogen) atoms. The third-order valence-electron chi connectivity index (χ3n) is 3.22. The maximum atomic E-state index is 12.5. The highest BCUT2D eigenvalue weighted by Crippen LogP contribution is 2.58. The molecule has 106 valence electrons. The Hall–Kier alpha value is -0.450. The summed E-state index contributed by atoms with van der Waals surface area (Å²) >= 11 is 0. The third-order valence-corrected chi connectivity index (χ3v) is 8.91. The highest BCUT2D eigenvalue weighted by atomic mass is 31.2. The molecule has 0 aromatic heterocycles. The topological polar surface area (TPSA) is 29.1 Å². The summed E-state index contributed by atoms with van der Waals surface area (Å²) in [6.45, 7) is 15.1. The maximum Gasteiger partial charge on any atom is 0.269 e. The SMILES string of the molecule is CPC(C(=O)Nc1c(C)cc(C)cc1C)[P+](C)(C)C. The van der Waals surface area contributed by atoms with Crippen LogP contribution in [0.25, 0.3) is 0 Å². The van der Waals surface area contributed by atoms with Gasteiger partial charge in [0.2, 0.25) is 0 Å². The number of nitrogens with one attached hydrogen (secondary N) is 1. The molecule has 1 N–H and O–H groups in total. The van der Waals surface area contributed by atoms with E-state index in [0.717, 1.165) is 16.8 Å². The molecule has 0 aliphatic rings. The maximum absolute atomic E-state index is 12.5. The van der Waals surface area contributed by atoms with Crippen LogP contribution in [0.1, 0.15) is 16.7 Å². The van der Waals surface area contributed by atoms with E-state index in [1.807, 2.05) is 0 Å². The Morgan fingerprint density at radius 2 is 1.63 bits per heavy atom. The molecule has 2 atom stereocenters. The van der Waals surface area contributed by atoms with E-state index in [9.17, 15) is 4.79 Å². The fourth-order valence-electron chi connectivity index (χ4n) is 2.44. The number of hydrogen-bond donors (Lipinski definition) is 1. The van der Waals surface area contributed by atoms with Gasteiger partial charge in [-0.05, 0) is 38.6 Å². The van der Waals surface area contributed by atoms with Gasteiger partial charge in [-0.15, -0.1) is 0 Å². The average Bonchev–Trinajstić information content (AvgIpc) is 2.22. The number of carbonyl (C=O) groups excluding carboxylic acids is 1. The van der Waals surface area contributed by atoms with Crippen molar-refractivity contribution in [3.8, 4) is 0 Å². The van der Waals surface area contributed by atoms with Crippen molar-refractivity contribution in [2.75, 3.05) is 32.0 Å². The van der Waals surface area contributed by atoms with Gasteiger partial charge in [-0.2, -0.15) is 0 Å². The van der Waals surface area contributed by atoms with Crippen molar-refractivity contribution in [3.05, 3.63) is 28.8 Å². The van der Waals surface area contributed by atoms with E-state index in [2.05, 4.69) is 64.9 Å². The van der Waals surface area contributed by atoms with Gasteiger partial charge in [0.25, 0.3) is 5.91 Å². The molecule has 2 unspecified atom stereocenters. The van der Waals surface area contributed by atoms with E-state index in [1.54, 1.807) is 0 Å². The van der Waals surface area contributed by atoms with Crippen LogP contribution in [-0.2, 0) is 4.79 Å². The Morgan fingerprint density at radius 1 is 1.16 bits per heavy atom. The molecule has 1 aromatic carbocycles. The fraction of sp³-hybridized carbons (Fsp3) is 0.533. The highest BCUT2D eigenvalue weighted by molar-refractivity contribution is 7.82. The van der Waals surface area contributed by atoms with E-state index in [4.69, 9.17) is 0 Å². The molecule has 0 aliphatic carbocycles. The number of carbonyl (C=O) groups is 1. The molecule has 0 radical (unpaired) electrons. The molecule has 2 nitrogen and oxygen atoms in total. The van der Waals surface area contributed by atoms with Crippen LogP contribution in [0.15, 0.2) is 12.1 Å². The highest BCUT2D eigenvalue weighted by Gasteiger charge is 2.36. The lowest BCUT2D eigenvalue weighted by Crippen LogP contribution is -2.26. The van der Waals surface area contributed by atoms with Crippen LogP contribution < -0.4 is 5.32 Å². The Bertz CT molecular complexity index is 455. The quantitative estimate of drug-likeness (QED) is 0.833. The van der Waals surface area contributed by atoms with Crippen molar-refractivity contribution in [2.24, 2.45) is 0 Å². The van der Waals surface area contributed by atoms with Gasteiger partial charge in [-0.1, -0.05) is 26.3 Å². The van der Waals surface area contributed by atoms with E-state index < -0.39 is 7.26 Å². The molecule has 1 amide bonds. The summed E-state index contributed by atoms with van der Waals surface area (Å²) in [4.78, 5) is 12.5. The van der Waals surface area contributed by atoms with Gasteiger partial charge >= 0.3 is 0 Å². The Morgan fingerprint density at radius 3 is 2.00 bits per heavy atom. The van der Waals surface area contributed by atoms with Crippen molar-refractivity contribution in [1.29, 1.82) is 0 Å². The zero-order chi connectivity index (χ0) is 14.8. The second-order valence-corrected chi connectivity index (χ2v) is 12.5. The Balaban J connectivity index is 3.00. The van der Waals surface area contributed by atoms with Gasteiger partial charge in [0.15, 0.2) is 5.40 Å². The van der Waals surface area contributed by atoms with E-state index >= 15 is 0 Å². The molecular weight excluding hydrogens is 272 g/mol. The van der Waals surface area contributed by atoms with Crippen LogP contribution in [0, 0.1) is 20.8 Å². The van der Waals surface area contributed by atoms with Gasteiger partial charge in [-0.25, -0.2) is 0 Å². The van der Waals surface area contributed by atoms with Gasteiger partial charge in [0.1, 0.15) is 0 Å². The van der Waals surface area contributed by atoms with E-state index in [0.29, 0.717) is 8.58 Å². The summed E-state index contributed by atoms with van der Waals surface area (Å²) in [6, 6.07) is 4.25. The van der Waals surface area contributed by atoms with Gasteiger partial charge in [0, 0.05) is 32.9 Å². The lowest BCUT2D eigenvalue weighted by atomic mass is 10.1. The van der Waals surface area contributed by atoms with Crippen molar-refractivity contribution in [2.45, 2.75) is 26.2 Å². The Labute approximate surface area is 119 Å². The first-order chi connectivity index (χ1) is 8.66. The molecule has 0 saturated carbocycles. The molecule has 1 aromatic rings. The minimum absolute atomic E-state index is 0.174.